The number of hydrogen-bond acceptors (Lipinski definition) is 3. The number of pyridine rings is 1. The molecule has 1 aromatic heterocycles. The standard InChI is InChI=1S/C11H13ClN2O2/c1-16-10-4-2-3-9(13-10)14-7-8(6-12)5-11(14)15/h2-4,8H,5-7H2,1H3. The molecule has 0 aliphatic carbocycles. The molecule has 16 heavy (non-hydrogen) atoms. The number of carbonyl (C=O) groups excluding carboxylic acids is 1. The van der Waals surface area contributed by atoms with E-state index in [0.717, 1.165) is 0 Å². The minimum absolute atomic E-state index is 0.0754. The summed E-state index contributed by atoms with van der Waals surface area (Å²) < 4.78 is 5.03. The molecule has 1 aliphatic rings. The minimum Gasteiger partial charge on any atom is -0.481 e. The predicted octanol–water partition coefficient (Wildman–Crippen LogP) is 1.68. The van der Waals surface area contributed by atoms with E-state index >= 15 is 0 Å². The van der Waals surface area contributed by atoms with Gasteiger partial charge in [-0.15, -0.1) is 11.6 Å². The van der Waals surface area contributed by atoms with Gasteiger partial charge in [0.1, 0.15) is 5.82 Å². The van der Waals surface area contributed by atoms with Crippen LogP contribution in [0.4, 0.5) is 5.82 Å². The number of methoxy groups -OCH3 is 1. The molecule has 0 aromatic carbocycles. The van der Waals surface area contributed by atoms with Gasteiger partial charge < -0.3 is 4.74 Å². The van der Waals surface area contributed by atoms with Crippen molar-refractivity contribution in [2.24, 2.45) is 5.92 Å². The molecule has 2 rings (SSSR count). The fourth-order valence-corrected chi connectivity index (χ4v) is 1.98. The third-order valence-corrected chi connectivity index (χ3v) is 3.05. The molecule has 0 saturated carbocycles. The summed E-state index contributed by atoms with van der Waals surface area (Å²) in [5.74, 6) is 1.96. The van der Waals surface area contributed by atoms with E-state index in [-0.39, 0.29) is 11.8 Å². The second-order valence-corrected chi connectivity index (χ2v) is 4.08. The highest BCUT2D eigenvalue weighted by Crippen LogP contribution is 2.25. The van der Waals surface area contributed by atoms with Crippen molar-refractivity contribution in [3.63, 3.8) is 0 Å². The number of amides is 1. The molecular weight excluding hydrogens is 228 g/mol. The highest BCUT2D eigenvalue weighted by atomic mass is 35.5. The molecule has 1 atom stereocenters. The van der Waals surface area contributed by atoms with Gasteiger partial charge in [0.2, 0.25) is 11.8 Å². The monoisotopic (exact) mass is 240 g/mol. The van der Waals surface area contributed by atoms with Gasteiger partial charge in [-0.05, 0) is 12.0 Å². The largest absolute Gasteiger partial charge is 0.481 e. The van der Waals surface area contributed by atoms with Crippen molar-refractivity contribution in [1.29, 1.82) is 0 Å². The third kappa shape index (κ3) is 2.11. The van der Waals surface area contributed by atoms with Crippen LogP contribution in [0.15, 0.2) is 18.2 Å². The Hall–Kier alpha value is -1.29. The van der Waals surface area contributed by atoms with Crippen molar-refractivity contribution in [2.45, 2.75) is 6.42 Å². The lowest BCUT2D eigenvalue weighted by molar-refractivity contribution is -0.117. The van der Waals surface area contributed by atoms with Gasteiger partial charge in [-0.2, -0.15) is 4.98 Å². The molecule has 86 valence electrons. The molecule has 1 saturated heterocycles. The summed E-state index contributed by atoms with van der Waals surface area (Å²) in [4.78, 5) is 17.6. The Balaban J connectivity index is 2.20. The molecule has 1 unspecified atom stereocenters. The Labute approximate surface area is 99.2 Å². The maximum absolute atomic E-state index is 11.7. The Morgan fingerprint density at radius 2 is 2.44 bits per heavy atom. The van der Waals surface area contributed by atoms with Crippen LogP contribution in [0.2, 0.25) is 0 Å². The summed E-state index contributed by atoms with van der Waals surface area (Å²) >= 11 is 5.76. The van der Waals surface area contributed by atoms with E-state index in [2.05, 4.69) is 4.98 Å². The zero-order chi connectivity index (χ0) is 11.5. The first-order valence-corrected chi connectivity index (χ1v) is 5.65. The summed E-state index contributed by atoms with van der Waals surface area (Å²) in [6.45, 7) is 0.641. The average molecular weight is 241 g/mol. The third-order valence-electron chi connectivity index (χ3n) is 2.62. The van der Waals surface area contributed by atoms with Gasteiger partial charge in [0.25, 0.3) is 0 Å². The van der Waals surface area contributed by atoms with E-state index in [1.165, 1.54) is 0 Å². The smallest absolute Gasteiger partial charge is 0.228 e. The van der Waals surface area contributed by atoms with Crippen LogP contribution in [0, 0.1) is 5.92 Å². The molecule has 0 spiro atoms. The van der Waals surface area contributed by atoms with Gasteiger partial charge in [0, 0.05) is 24.9 Å². The highest BCUT2D eigenvalue weighted by molar-refractivity contribution is 6.18. The lowest BCUT2D eigenvalue weighted by Crippen LogP contribution is -2.25. The number of aromatic nitrogens is 1. The quantitative estimate of drug-likeness (QED) is 0.755. The molecule has 1 aliphatic heterocycles. The van der Waals surface area contributed by atoms with Crippen LogP contribution in [0.1, 0.15) is 6.42 Å². The van der Waals surface area contributed by atoms with Gasteiger partial charge in [0.15, 0.2) is 0 Å². The van der Waals surface area contributed by atoms with Crippen molar-refractivity contribution in [1.82, 2.24) is 4.98 Å². The first-order chi connectivity index (χ1) is 7.74. The van der Waals surface area contributed by atoms with Gasteiger partial charge >= 0.3 is 0 Å². The number of ether oxygens (including phenoxy) is 1. The van der Waals surface area contributed by atoms with Crippen LogP contribution >= 0.6 is 11.6 Å². The van der Waals surface area contributed by atoms with E-state index < -0.39 is 0 Å². The van der Waals surface area contributed by atoms with E-state index in [0.29, 0.717) is 30.5 Å². The molecule has 5 heteroatoms. The molecule has 2 heterocycles. The predicted molar refractivity (Wildman–Crippen MR) is 62.0 cm³/mol. The van der Waals surface area contributed by atoms with E-state index in [1.807, 2.05) is 6.07 Å². The van der Waals surface area contributed by atoms with Crippen molar-refractivity contribution >= 4 is 23.3 Å². The molecule has 1 amide bonds. The Bertz CT molecular complexity index is 397. The van der Waals surface area contributed by atoms with Gasteiger partial charge in [-0.1, -0.05) is 6.07 Å². The molecule has 1 fully saturated rings. The van der Waals surface area contributed by atoms with Crippen molar-refractivity contribution < 1.29 is 9.53 Å². The Morgan fingerprint density at radius 3 is 3.06 bits per heavy atom. The number of nitrogens with zero attached hydrogens (tertiary/aromatic N) is 2. The van der Waals surface area contributed by atoms with Crippen LogP contribution in [-0.4, -0.2) is 30.4 Å². The second-order valence-electron chi connectivity index (χ2n) is 3.77. The molecule has 0 radical (unpaired) electrons. The number of carbonyl (C=O) groups is 1. The summed E-state index contributed by atoms with van der Waals surface area (Å²) in [5.41, 5.74) is 0. The van der Waals surface area contributed by atoms with E-state index in [1.54, 1.807) is 24.1 Å². The van der Waals surface area contributed by atoms with Crippen molar-refractivity contribution in [2.75, 3.05) is 24.4 Å². The number of anilines is 1. The first-order valence-electron chi connectivity index (χ1n) is 5.12. The molecule has 1 aromatic rings. The van der Waals surface area contributed by atoms with Crippen LogP contribution in [0.25, 0.3) is 0 Å². The topological polar surface area (TPSA) is 42.4 Å². The number of alkyl halides is 1. The Kier molecular flexibility index (Phi) is 3.29. The molecular formula is C11H13ClN2O2. The number of hydrogen-bond donors (Lipinski definition) is 0. The van der Waals surface area contributed by atoms with Crippen molar-refractivity contribution in [3.8, 4) is 5.88 Å². The zero-order valence-corrected chi connectivity index (χ0v) is 9.78. The minimum atomic E-state index is 0.0754. The zero-order valence-electron chi connectivity index (χ0n) is 9.02. The first kappa shape index (κ1) is 11.2. The molecule has 0 N–H and O–H groups in total. The lowest BCUT2D eigenvalue weighted by atomic mass is 10.1. The average Bonchev–Trinajstić information content (AvgIpc) is 2.71. The molecule has 4 nitrogen and oxygen atoms in total. The second kappa shape index (κ2) is 4.70. The Morgan fingerprint density at radius 1 is 1.62 bits per heavy atom. The number of rotatable bonds is 3. The van der Waals surface area contributed by atoms with Gasteiger partial charge in [-0.25, -0.2) is 0 Å². The van der Waals surface area contributed by atoms with Crippen LogP contribution in [-0.2, 0) is 4.79 Å². The van der Waals surface area contributed by atoms with Crippen LogP contribution in [0.3, 0.4) is 0 Å². The van der Waals surface area contributed by atoms with Gasteiger partial charge in [0.05, 0.1) is 7.11 Å². The fourth-order valence-electron chi connectivity index (χ4n) is 1.77. The van der Waals surface area contributed by atoms with Crippen LogP contribution in [0.5, 0.6) is 5.88 Å². The summed E-state index contributed by atoms with van der Waals surface area (Å²) in [5, 5.41) is 0. The maximum Gasteiger partial charge on any atom is 0.228 e. The van der Waals surface area contributed by atoms with Crippen molar-refractivity contribution in [3.05, 3.63) is 18.2 Å². The number of halogens is 1. The highest BCUT2D eigenvalue weighted by Gasteiger charge is 2.30. The van der Waals surface area contributed by atoms with E-state index in [9.17, 15) is 4.79 Å². The SMILES string of the molecule is COc1cccc(N2CC(CCl)CC2=O)n1. The lowest BCUT2D eigenvalue weighted by Gasteiger charge is -2.15. The maximum atomic E-state index is 11.7. The van der Waals surface area contributed by atoms with Gasteiger partial charge in [-0.3, -0.25) is 9.69 Å². The normalized spacial score (nSPS) is 20.2. The molecule has 0 bridgehead atoms. The summed E-state index contributed by atoms with van der Waals surface area (Å²) in [7, 11) is 1.56. The summed E-state index contributed by atoms with van der Waals surface area (Å²) in [6, 6.07) is 5.38. The fraction of sp³-hybridized carbons (Fsp3) is 0.455. The van der Waals surface area contributed by atoms with Crippen LogP contribution < -0.4 is 9.64 Å². The van der Waals surface area contributed by atoms with E-state index in [4.69, 9.17) is 16.3 Å². The summed E-state index contributed by atoms with van der Waals surface area (Å²) in [6.07, 6.45) is 0.502.